The molecular weight excluding hydrogens is 342 g/mol. The fourth-order valence-corrected chi connectivity index (χ4v) is 3.05. The lowest BCUT2D eigenvalue weighted by Crippen LogP contribution is -2.29. The van der Waals surface area contributed by atoms with Crippen molar-refractivity contribution in [2.45, 2.75) is 18.9 Å². The highest BCUT2D eigenvalue weighted by Crippen LogP contribution is 2.31. The lowest BCUT2D eigenvalue weighted by atomic mass is 10.1. The van der Waals surface area contributed by atoms with Gasteiger partial charge in [-0.25, -0.2) is 23.4 Å². The van der Waals surface area contributed by atoms with E-state index in [9.17, 15) is 8.78 Å². The Bertz CT molecular complexity index is 1010. The minimum atomic E-state index is -1.11. The first kappa shape index (κ1) is 16.4. The molecule has 1 aliphatic rings. The summed E-state index contributed by atoms with van der Waals surface area (Å²) in [4.78, 5) is 8.35. The van der Waals surface area contributed by atoms with Gasteiger partial charge in [-0.05, 0) is 32.0 Å². The maximum absolute atomic E-state index is 13.5. The lowest BCUT2D eigenvalue weighted by Gasteiger charge is -2.23. The van der Waals surface area contributed by atoms with Gasteiger partial charge in [-0.3, -0.25) is 0 Å². The molecule has 0 amide bonds. The van der Waals surface area contributed by atoms with E-state index >= 15 is 0 Å². The second kappa shape index (κ2) is 6.65. The van der Waals surface area contributed by atoms with Crippen molar-refractivity contribution in [3.63, 3.8) is 0 Å². The van der Waals surface area contributed by atoms with Gasteiger partial charge in [0.15, 0.2) is 17.3 Å². The van der Waals surface area contributed by atoms with Gasteiger partial charge in [-0.2, -0.15) is 10.4 Å². The van der Waals surface area contributed by atoms with Crippen molar-refractivity contribution >= 4 is 11.0 Å². The van der Waals surface area contributed by atoms with Crippen LogP contribution in [0.5, 0.6) is 11.6 Å². The zero-order valence-corrected chi connectivity index (χ0v) is 13.6. The van der Waals surface area contributed by atoms with Crippen LogP contribution in [0.1, 0.15) is 24.4 Å². The standard InChI is InChI=1S/C17H14F2N6O/c18-13-5-10(7-20)15(6-14(13)19)26-17-12-8-24-25(16(12)22-9-23-17)11-1-3-21-4-2-11/h5-6,8-9,11,21H,1-4H2. The van der Waals surface area contributed by atoms with E-state index < -0.39 is 11.6 Å². The summed E-state index contributed by atoms with van der Waals surface area (Å²) in [6, 6.07) is 3.63. The normalized spacial score (nSPS) is 15.1. The molecule has 0 bridgehead atoms. The van der Waals surface area contributed by atoms with E-state index in [2.05, 4.69) is 20.4 Å². The van der Waals surface area contributed by atoms with Gasteiger partial charge in [0.25, 0.3) is 0 Å². The van der Waals surface area contributed by atoms with Crippen molar-refractivity contribution in [3.8, 4) is 17.7 Å². The summed E-state index contributed by atoms with van der Waals surface area (Å²) in [6.45, 7) is 1.81. The van der Waals surface area contributed by atoms with Crippen molar-refractivity contribution in [1.82, 2.24) is 25.1 Å². The van der Waals surface area contributed by atoms with Crippen LogP contribution < -0.4 is 10.1 Å². The number of halogens is 2. The number of aromatic nitrogens is 4. The smallest absolute Gasteiger partial charge is 0.233 e. The number of piperidine rings is 1. The molecule has 3 heterocycles. The highest BCUT2D eigenvalue weighted by atomic mass is 19.2. The molecule has 0 atom stereocenters. The summed E-state index contributed by atoms with van der Waals surface area (Å²) in [6.07, 6.45) is 4.76. The Morgan fingerprint density at radius 2 is 1.96 bits per heavy atom. The van der Waals surface area contributed by atoms with Crippen molar-refractivity contribution < 1.29 is 13.5 Å². The number of nitrogens with zero attached hydrogens (tertiary/aromatic N) is 5. The molecule has 3 aromatic rings. The van der Waals surface area contributed by atoms with Gasteiger partial charge in [-0.15, -0.1) is 0 Å². The summed E-state index contributed by atoms with van der Waals surface area (Å²) in [5.41, 5.74) is 0.476. The molecule has 0 spiro atoms. The van der Waals surface area contributed by atoms with Crippen LogP contribution >= 0.6 is 0 Å². The SMILES string of the molecule is N#Cc1cc(F)c(F)cc1Oc1ncnc2c1cnn2C1CCNCC1. The predicted octanol–water partition coefficient (Wildman–Crippen LogP) is 2.69. The van der Waals surface area contributed by atoms with Crippen molar-refractivity contribution in [1.29, 1.82) is 5.26 Å². The molecule has 2 aromatic heterocycles. The third-order valence-corrected chi connectivity index (χ3v) is 4.36. The van der Waals surface area contributed by atoms with E-state index in [0.29, 0.717) is 11.0 Å². The Morgan fingerprint density at radius 3 is 2.73 bits per heavy atom. The Balaban J connectivity index is 1.73. The maximum Gasteiger partial charge on any atom is 0.233 e. The largest absolute Gasteiger partial charge is 0.437 e. The van der Waals surface area contributed by atoms with E-state index in [4.69, 9.17) is 10.00 Å². The van der Waals surface area contributed by atoms with Crippen LogP contribution in [0.3, 0.4) is 0 Å². The van der Waals surface area contributed by atoms with Gasteiger partial charge >= 0.3 is 0 Å². The molecule has 1 N–H and O–H groups in total. The summed E-state index contributed by atoms with van der Waals surface area (Å²) < 4.78 is 34.3. The van der Waals surface area contributed by atoms with Gasteiger partial charge in [0.2, 0.25) is 5.88 Å². The third-order valence-electron chi connectivity index (χ3n) is 4.36. The van der Waals surface area contributed by atoms with Crippen molar-refractivity contribution in [2.75, 3.05) is 13.1 Å². The number of nitriles is 1. The molecule has 0 saturated carbocycles. The van der Waals surface area contributed by atoms with Gasteiger partial charge in [0.1, 0.15) is 23.5 Å². The molecule has 7 nitrogen and oxygen atoms in total. The molecule has 0 radical (unpaired) electrons. The first-order valence-corrected chi connectivity index (χ1v) is 8.13. The van der Waals surface area contributed by atoms with Crippen LogP contribution in [0.15, 0.2) is 24.7 Å². The fraction of sp³-hybridized carbons (Fsp3) is 0.294. The van der Waals surface area contributed by atoms with Gasteiger partial charge in [-0.1, -0.05) is 0 Å². The molecule has 132 valence electrons. The summed E-state index contributed by atoms with van der Waals surface area (Å²) in [5, 5.41) is 17.4. The Morgan fingerprint density at radius 1 is 1.19 bits per heavy atom. The predicted molar refractivity (Wildman–Crippen MR) is 87.6 cm³/mol. The molecule has 26 heavy (non-hydrogen) atoms. The zero-order chi connectivity index (χ0) is 18.1. The lowest BCUT2D eigenvalue weighted by molar-refractivity contribution is 0.349. The summed E-state index contributed by atoms with van der Waals surface area (Å²) in [5.74, 6) is -2.19. The molecule has 0 unspecified atom stereocenters. The minimum Gasteiger partial charge on any atom is -0.437 e. The summed E-state index contributed by atoms with van der Waals surface area (Å²) >= 11 is 0. The third kappa shape index (κ3) is 2.84. The summed E-state index contributed by atoms with van der Waals surface area (Å²) in [7, 11) is 0. The number of hydrogen-bond acceptors (Lipinski definition) is 6. The number of nitrogens with one attached hydrogen (secondary N) is 1. The first-order chi connectivity index (χ1) is 12.7. The van der Waals surface area contributed by atoms with Crippen LogP contribution in [-0.2, 0) is 0 Å². The number of hydrogen-bond donors (Lipinski definition) is 1. The Labute approximate surface area is 147 Å². The van der Waals surface area contributed by atoms with Crippen LogP contribution in [0.4, 0.5) is 8.78 Å². The van der Waals surface area contributed by atoms with E-state index in [0.717, 1.165) is 38.1 Å². The Kier molecular flexibility index (Phi) is 4.18. The average Bonchev–Trinajstić information content (AvgIpc) is 3.10. The van der Waals surface area contributed by atoms with E-state index in [-0.39, 0.29) is 23.2 Å². The second-order valence-electron chi connectivity index (χ2n) is 5.96. The molecule has 4 rings (SSSR count). The van der Waals surface area contributed by atoms with Crippen LogP contribution in [-0.4, -0.2) is 32.8 Å². The quantitative estimate of drug-likeness (QED) is 0.776. The second-order valence-corrected chi connectivity index (χ2v) is 5.96. The van der Waals surface area contributed by atoms with E-state index in [1.165, 1.54) is 6.33 Å². The van der Waals surface area contributed by atoms with Crippen LogP contribution in [0, 0.1) is 23.0 Å². The molecule has 9 heteroatoms. The van der Waals surface area contributed by atoms with Gasteiger partial charge in [0, 0.05) is 6.07 Å². The zero-order valence-electron chi connectivity index (χ0n) is 13.6. The average molecular weight is 356 g/mol. The van der Waals surface area contributed by atoms with Crippen molar-refractivity contribution in [3.05, 3.63) is 41.9 Å². The highest BCUT2D eigenvalue weighted by molar-refractivity contribution is 5.80. The molecular formula is C17H14F2N6O. The minimum absolute atomic E-state index is 0.110. The fourth-order valence-electron chi connectivity index (χ4n) is 3.05. The molecule has 1 saturated heterocycles. The molecule has 1 fully saturated rings. The number of benzene rings is 1. The van der Waals surface area contributed by atoms with E-state index in [1.807, 2.05) is 4.68 Å². The molecule has 1 aromatic carbocycles. The van der Waals surface area contributed by atoms with Gasteiger partial charge < -0.3 is 10.1 Å². The molecule has 0 aliphatic carbocycles. The number of fused-ring (bicyclic) bond motifs is 1. The highest BCUT2D eigenvalue weighted by Gasteiger charge is 2.21. The van der Waals surface area contributed by atoms with Crippen molar-refractivity contribution in [2.24, 2.45) is 0 Å². The number of ether oxygens (including phenoxy) is 1. The van der Waals surface area contributed by atoms with Crippen LogP contribution in [0.25, 0.3) is 11.0 Å². The van der Waals surface area contributed by atoms with Gasteiger partial charge in [0.05, 0.1) is 17.8 Å². The topological polar surface area (TPSA) is 88.7 Å². The monoisotopic (exact) mass is 356 g/mol. The maximum atomic E-state index is 13.5. The Hall–Kier alpha value is -3.12. The first-order valence-electron chi connectivity index (χ1n) is 8.13. The molecule has 1 aliphatic heterocycles. The number of rotatable bonds is 3. The van der Waals surface area contributed by atoms with E-state index in [1.54, 1.807) is 12.3 Å². The van der Waals surface area contributed by atoms with Crippen LogP contribution in [0.2, 0.25) is 0 Å².